The molecule has 2 heterocycles. The number of ketones is 1. The number of methoxy groups -OCH3 is 1. The molecule has 1 aliphatic rings. The summed E-state index contributed by atoms with van der Waals surface area (Å²) in [5.41, 5.74) is 0.975. The van der Waals surface area contributed by atoms with Gasteiger partial charge in [0.15, 0.2) is 0 Å². The van der Waals surface area contributed by atoms with E-state index in [4.69, 9.17) is 9.47 Å². The number of aliphatic hydroxyl groups is 1. The van der Waals surface area contributed by atoms with Crippen LogP contribution in [0.2, 0.25) is 0 Å². The Labute approximate surface area is 188 Å². The van der Waals surface area contributed by atoms with Gasteiger partial charge in [-0.3, -0.25) is 14.5 Å². The van der Waals surface area contributed by atoms with Gasteiger partial charge in [-0.2, -0.15) is 0 Å². The second-order valence-corrected chi connectivity index (χ2v) is 8.17. The smallest absolute Gasteiger partial charge is 0.301 e. The fourth-order valence-corrected chi connectivity index (χ4v) is 4.29. The van der Waals surface area contributed by atoms with Gasteiger partial charge in [-0.25, -0.2) is 0 Å². The highest BCUT2D eigenvalue weighted by Gasteiger charge is 2.48. The topological polar surface area (TPSA) is 102 Å². The highest BCUT2D eigenvalue weighted by Crippen LogP contribution is 2.43. The van der Waals surface area contributed by atoms with Crippen LogP contribution in [0.25, 0.3) is 5.76 Å². The highest BCUT2D eigenvalue weighted by atomic mass is 32.1. The monoisotopic (exact) mass is 451 g/mol. The number of Topliss-reactive ketones (excluding diaryl/α,β-unsaturated/α-hetero) is 1. The molecule has 1 N–H and O–H groups in total. The van der Waals surface area contributed by atoms with Crippen molar-refractivity contribution in [3.8, 4) is 11.5 Å². The second-order valence-electron chi connectivity index (χ2n) is 7.01. The SMILES string of the molecule is CCOc1cccc(C2C(=C(O)c3ccc(OC)cc3)C(=O)C(=O)N2c2nnc(C)s2)c1. The molecule has 1 atom stereocenters. The summed E-state index contributed by atoms with van der Waals surface area (Å²) in [5, 5.41) is 20.1. The maximum absolute atomic E-state index is 13.1. The van der Waals surface area contributed by atoms with Crippen LogP contribution < -0.4 is 14.4 Å². The fraction of sp³-hybridized carbons (Fsp3) is 0.217. The van der Waals surface area contributed by atoms with Crippen molar-refractivity contribution in [2.45, 2.75) is 19.9 Å². The predicted molar refractivity (Wildman–Crippen MR) is 120 cm³/mol. The molecule has 1 amide bonds. The zero-order chi connectivity index (χ0) is 22.8. The fourth-order valence-electron chi connectivity index (χ4n) is 3.57. The highest BCUT2D eigenvalue weighted by molar-refractivity contribution is 7.15. The number of rotatable bonds is 6. The van der Waals surface area contributed by atoms with Crippen molar-refractivity contribution in [2.24, 2.45) is 0 Å². The summed E-state index contributed by atoms with van der Waals surface area (Å²) >= 11 is 1.20. The molecule has 1 aliphatic heterocycles. The standard InChI is InChI=1S/C23H21N3O5S/c1-4-31-17-7-5-6-15(12-17)19-18(20(27)14-8-10-16(30-3)11-9-14)21(28)22(29)26(19)23-25-24-13(2)32-23/h5-12,19,27H,4H2,1-3H3. The first kappa shape index (κ1) is 21.5. The first-order valence-corrected chi connectivity index (χ1v) is 10.7. The second kappa shape index (κ2) is 8.80. The molecular formula is C23H21N3O5S. The maximum atomic E-state index is 13.1. The van der Waals surface area contributed by atoms with Crippen molar-refractivity contribution in [3.63, 3.8) is 0 Å². The maximum Gasteiger partial charge on any atom is 0.301 e. The van der Waals surface area contributed by atoms with Crippen LogP contribution in [-0.4, -0.2) is 40.7 Å². The van der Waals surface area contributed by atoms with Gasteiger partial charge in [0.1, 0.15) is 22.3 Å². The van der Waals surface area contributed by atoms with Crippen LogP contribution in [0, 0.1) is 6.92 Å². The van der Waals surface area contributed by atoms with E-state index in [2.05, 4.69) is 10.2 Å². The number of benzene rings is 2. The Morgan fingerprint density at radius 2 is 1.88 bits per heavy atom. The molecule has 32 heavy (non-hydrogen) atoms. The van der Waals surface area contributed by atoms with Gasteiger partial charge in [0.2, 0.25) is 5.13 Å². The molecule has 0 radical (unpaired) electrons. The zero-order valence-corrected chi connectivity index (χ0v) is 18.5. The molecule has 164 valence electrons. The summed E-state index contributed by atoms with van der Waals surface area (Å²) in [6, 6.07) is 12.8. The van der Waals surface area contributed by atoms with Gasteiger partial charge in [-0.05, 0) is 55.8 Å². The van der Waals surface area contributed by atoms with E-state index < -0.39 is 17.7 Å². The minimum absolute atomic E-state index is 0.0262. The van der Waals surface area contributed by atoms with Gasteiger partial charge in [-0.15, -0.1) is 10.2 Å². The summed E-state index contributed by atoms with van der Waals surface area (Å²) in [6.45, 7) is 4.09. The van der Waals surface area contributed by atoms with E-state index >= 15 is 0 Å². The van der Waals surface area contributed by atoms with E-state index in [1.54, 1.807) is 55.5 Å². The number of aliphatic hydroxyl groups excluding tert-OH is 1. The number of hydrogen-bond donors (Lipinski definition) is 1. The molecule has 1 saturated heterocycles. The van der Waals surface area contributed by atoms with Crippen LogP contribution in [0.4, 0.5) is 5.13 Å². The Morgan fingerprint density at radius 3 is 2.50 bits per heavy atom. The molecule has 0 spiro atoms. The number of carbonyl (C=O) groups is 2. The van der Waals surface area contributed by atoms with Crippen LogP contribution in [0.1, 0.15) is 29.1 Å². The van der Waals surface area contributed by atoms with Gasteiger partial charge in [0.25, 0.3) is 5.78 Å². The lowest BCUT2D eigenvalue weighted by atomic mass is 9.95. The van der Waals surface area contributed by atoms with Crippen molar-refractivity contribution in [1.29, 1.82) is 0 Å². The Morgan fingerprint density at radius 1 is 1.12 bits per heavy atom. The summed E-state index contributed by atoms with van der Waals surface area (Å²) in [4.78, 5) is 27.5. The van der Waals surface area contributed by atoms with Crippen molar-refractivity contribution >= 4 is 33.9 Å². The Kier molecular flexibility index (Phi) is 5.91. The van der Waals surface area contributed by atoms with Gasteiger partial charge in [0.05, 0.1) is 25.3 Å². The van der Waals surface area contributed by atoms with E-state index in [0.29, 0.717) is 34.2 Å². The molecule has 3 aromatic rings. The van der Waals surface area contributed by atoms with Crippen molar-refractivity contribution in [3.05, 3.63) is 70.2 Å². The molecule has 1 fully saturated rings. The van der Waals surface area contributed by atoms with Crippen LogP contribution >= 0.6 is 11.3 Å². The Bertz CT molecular complexity index is 1200. The third kappa shape index (κ3) is 3.82. The number of nitrogens with zero attached hydrogens (tertiary/aromatic N) is 3. The van der Waals surface area contributed by atoms with Gasteiger partial charge < -0.3 is 14.6 Å². The summed E-state index contributed by atoms with van der Waals surface area (Å²) in [6.07, 6.45) is 0. The summed E-state index contributed by atoms with van der Waals surface area (Å²) in [5.74, 6) is -0.650. The molecule has 2 aromatic carbocycles. The number of hydrogen-bond acceptors (Lipinski definition) is 8. The van der Waals surface area contributed by atoms with Gasteiger partial charge >= 0.3 is 5.91 Å². The Balaban J connectivity index is 1.91. The molecule has 8 nitrogen and oxygen atoms in total. The number of carbonyl (C=O) groups excluding carboxylic acids is 2. The quantitative estimate of drug-likeness (QED) is 0.345. The molecule has 1 unspecified atom stereocenters. The minimum atomic E-state index is -0.884. The first-order chi connectivity index (χ1) is 15.4. The average molecular weight is 452 g/mol. The molecule has 0 aliphatic carbocycles. The predicted octanol–water partition coefficient (Wildman–Crippen LogP) is 3.88. The summed E-state index contributed by atoms with van der Waals surface area (Å²) < 4.78 is 10.8. The van der Waals surface area contributed by atoms with Gasteiger partial charge in [0, 0.05) is 5.56 Å². The lowest BCUT2D eigenvalue weighted by molar-refractivity contribution is -0.132. The average Bonchev–Trinajstić information content (AvgIpc) is 3.34. The normalized spacial score (nSPS) is 17.6. The number of amides is 1. The lowest BCUT2D eigenvalue weighted by Crippen LogP contribution is -2.29. The lowest BCUT2D eigenvalue weighted by Gasteiger charge is -2.23. The molecule has 0 saturated carbocycles. The molecule has 0 bridgehead atoms. The van der Waals surface area contributed by atoms with E-state index in [9.17, 15) is 14.7 Å². The van der Waals surface area contributed by atoms with E-state index in [-0.39, 0.29) is 16.5 Å². The zero-order valence-electron chi connectivity index (χ0n) is 17.7. The largest absolute Gasteiger partial charge is 0.507 e. The molecule has 4 rings (SSSR count). The third-order valence-corrected chi connectivity index (χ3v) is 5.85. The van der Waals surface area contributed by atoms with E-state index in [0.717, 1.165) is 0 Å². The van der Waals surface area contributed by atoms with Crippen molar-refractivity contribution < 1.29 is 24.2 Å². The summed E-state index contributed by atoms with van der Waals surface area (Å²) in [7, 11) is 1.54. The van der Waals surface area contributed by atoms with Crippen LogP contribution in [0.5, 0.6) is 11.5 Å². The Hall–Kier alpha value is -3.72. The molecule has 1 aromatic heterocycles. The van der Waals surface area contributed by atoms with Crippen LogP contribution in [0.15, 0.2) is 54.1 Å². The van der Waals surface area contributed by atoms with Crippen LogP contribution in [-0.2, 0) is 9.59 Å². The van der Waals surface area contributed by atoms with Gasteiger partial charge in [-0.1, -0.05) is 23.5 Å². The number of ether oxygens (including phenoxy) is 2. The molecular weight excluding hydrogens is 430 g/mol. The number of anilines is 1. The minimum Gasteiger partial charge on any atom is -0.507 e. The van der Waals surface area contributed by atoms with E-state index in [1.807, 2.05) is 6.92 Å². The van der Waals surface area contributed by atoms with Crippen LogP contribution in [0.3, 0.4) is 0 Å². The third-order valence-electron chi connectivity index (χ3n) is 5.01. The first-order valence-electron chi connectivity index (χ1n) is 9.93. The van der Waals surface area contributed by atoms with Crippen molar-refractivity contribution in [1.82, 2.24) is 10.2 Å². The number of aromatic nitrogens is 2. The number of aryl methyl sites for hydroxylation is 1. The van der Waals surface area contributed by atoms with Crippen molar-refractivity contribution in [2.75, 3.05) is 18.6 Å². The van der Waals surface area contributed by atoms with E-state index in [1.165, 1.54) is 23.3 Å². The molecule has 9 heteroatoms.